The summed E-state index contributed by atoms with van der Waals surface area (Å²) in [4.78, 5) is 25.5. The Bertz CT molecular complexity index is 740. The Hall–Kier alpha value is -2.36. The Morgan fingerprint density at radius 2 is 1.91 bits per heavy atom. The third kappa shape index (κ3) is 3.36. The number of fused-ring (bicyclic) bond motifs is 1. The lowest BCUT2D eigenvalue weighted by Crippen LogP contribution is -2.45. The van der Waals surface area contributed by atoms with Gasteiger partial charge < -0.3 is 10.0 Å². The smallest absolute Gasteiger partial charge is 0.306 e. The maximum atomic E-state index is 12.5. The molecular weight excluding hydrogens is 290 g/mol. The van der Waals surface area contributed by atoms with Crippen LogP contribution in [0.5, 0.6) is 0 Å². The number of carboxylic acid groups (broad SMARTS) is 1. The number of carbonyl (C=O) groups excluding carboxylic acids is 1. The third-order valence-electron chi connectivity index (χ3n) is 4.74. The highest BCUT2D eigenvalue weighted by Crippen LogP contribution is 2.24. The van der Waals surface area contributed by atoms with Crippen molar-refractivity contribution >= 4 is 22.6 Å². The van der Waals surface area contributed by atoms with E-state index < -0.39 is 5.97 Å². The number of benzene rings is 2. The number of carboxylic acids is 1. The van der Waals surface area contributed by atoms with Crippen LogP contribution in [0.15, 0.2) is 42.5 Å². The summed E-state index contributed by atoms with van der Waals surface area (Å²) < 4.78 is 0. The summed E-state index contributed by atoms with van der Waals surface area (Å²) in [7, 11) is 0. The first kappa shape index (κ1) is 15.5. The van der Waals surface area contributed by atoms with Crippen molar-refractivity contribution in [1.29, 1.82) is 0 Å². The van der Waals surface area contributed by atoms with E-state index in [0.717, 1.165) is 10.9 Å². The Morgan fingerprint density at radius 1 is 1.17 bits per heavy atom. The molecule has 2 unspecified atom stereocenters. The summed E-state index contributed by atoms with van der Waals surface area (Å²) in [5.41, 5.74) is 1.00. The Balaban J connectivity index is 1.68. The molecule has 2 aromatic carbocycles. The minimum Gasteiger partial charge on any atom is -0.481 e. The van der Waals surface area contributed by atoms with Crippen LogP contribution in [0, 0.1) is 11.8 Å². The number of amides is 1. The number of nitrogens with zero attached hydrogens (tertiary/aromatic N) is 1. The summed E-state index contributed by atoms with van der Waals surface area (Å²) in [6.45, 7) is 2.98. The maximum Gasteiger partial charge on any atom is 0.306 e. The molecule has 1 saturated heterocycles. The number of hydrogen-bond acceptors (Lipinski definition) is 2. The van der Waals surface area contributed by atoms with Gasteiger partial charge in [-0.05, 0) is 28.7 Å². The molecule has 0 aliphatic carbocycles. The predicted molar refractivity (Wildman–Crippen MR) is 89.1 cm³/mol. The fourth-order valence-corrected chi connectivity index (χ4v) is 3.37. The molecular formula is C19H21NO3. The molecule has 2 atom stereocenters. The van der Waals surface area contributed by atoms with E-state index >= 15 is 0 Å². The zero-order valence-corrected chi connectivity index (χ0v) is 13.2. The molecule has 0 aromatic heterocycles. The first-order valence-corrected chi connectivity index (χ1v) is 8.03. The van der Waals surface area contributed by atoms with E-state index in [1.807, 2.05) is 37.3 Å². The zero-order valence-electron chi connectivity index (χ0n) is 13.2. The van der Waals surface area contributed by atoms with Crippen LogP contribution in [0.25, 0.3) is 10.8 Å². The van der Waals surface area contributed by atoms with Gasteiger partial charge in [0.25, 0.3) is 0 Å². The number of carbonyl (C=O) groups is 2. The second-order valence-electron chi connectivity index (χ2n) is 6.41. The van der Waals surface area contributed by atoms with Crippen LogP contribution in [-0.4, -0.2) is 35.0 Å². The molecule has 120 valence electrons. The van der Waals surface area contributed by atoms with Crippen molar-refractivity contribution in [3.8, 4) is 0 Å². The zero-order chi connectivity index (χ0) is 16.4. The summed E-state index contributed by atoms with van der Waals surface area (Å²) >= 11 is 0. The van der Waals surface area contributed by atoms with Crippen LogP contribution in [0.4, 0.5) is 0 Å². The average molecular weight is 311 g/mol. The van der Waals surface area contributed by atoms with E-state index in [0.29, 0.717) is 25.9 Å². The van der Waals surface area contributed by atoms with Gasteiger partial charge in [0.15, 0.2) is 0 Å². The third-order valence-corrected chi connectivity index (χ3v) is 4.74. The van der Waals surface area contributed by atoms with Crippen LogP contribution in [0.3, 0.4) is 0 Å². The van der Waals surface area contributed by atoms with E-state index in [1.165, 1.54) is 5.39 Å². The number of aliphatic carboxylic acids is 1. The molecule has 2 aromatic rings. The van der Waals surface area contributed by atoms with Crippen LogP contribution in [0.1, 0.15) is 18.9 Å². The number of likely N-dealkylation sites (tertiary alicyclic amines) is 1. The van der Waals surface area contributed by atoms with Crippen LogP contribution < -0.4 is 0 Å². The molecule has 0 saturated carbocycles. The summed E-state index contributed by atoms with van der Waals surface area (Å²) in [5.74, 6) is -1.00. The van der Waals surface area contributed by atoms with Crippen LogP contribution in [0.2, 0.25) is 0 Å². The molecule has 0 spiro atoms. The highest BCUT2D eigenvalue weighted by molar-refractivity contribution is 5.85. The van der Waals surface area contributed by atoms with E-state index in [-0.39, 0.29) is 17.7 Å². The second-order valence-corrected chi connectivity index (χ2v) is 6.41. The summed E-state index contributed by atoms with van der Waals surface area (Å²) in [6.07, 6.45) is 0.912. The van der Waals surface area contributed by atoms with E-state index in [9.17, 15) is 9.59 Å². The maximum absolute atomic E-state index is 12.5. The van der Waals surface area contributed by atoms with E-state index in [1.54, 1.807) is 4.90 Å². The first-order valence-electron chi connectivity index (χ1n) is 8.03. The van der Waals surface area contributed by atoms with Crippen molar-refractivity contribution < 1.29 is 14.7 Å². The van der Waals surface area contributed by atoms with Crippen LogP contribution in [-0.2, 0) is 16.0 Å². The number of rotatable bonds is 3. The van der Waals surface area contributed by atoms with Gasteiger partial charge in [-0.2, -0.15) is 0 Å². The largest absolute Gasteiger partial charge is 0.481 e. The fourth-order valence-electron chi connectivity index (χ4n) is 3.37. The number of hydrogen-bond donors (Lipinski definition) is 1. The minimum absolute atomic E-state index is 0.00167. The minimum atomic E-state index is -0.751. The SMILES string of the molecule is CC1CN(C(=O)Cc2ccc3ccccc3c2)CCC1C(=O)O. The summed E-state index contributed by atoms with van der Waals surface area (Å²) in [5, 5.41) is 11.5. The van der Waals surface area contributed by atoms with Gasteiger partial charge in [0.2, 0.25) is 5.91 Å². The molecule has 1 fully saturated rings. The molecule has 4 heteroatoms. The van der Waals surface area contributed by atoms with Crippen molar-refractivity contribution in [3.63, 3.8) is 0 Å². The number of piperidine rings is 1. The van der Waals surface area contributed by atoms with Gasteiger partial charge in [0, 0.05) is 13.1 Å². The Morgan fingerprint density at radius 3 is 2.61 bits per heavy atom. The quantitative estimate of drug-likeness (QED) is 0.948. The van der Waals surface area contributed by atoms with Crippen molar-refractivity contribution in [1.82, 2.24) is 4.90 Å². The highest BCUT2D eigenvalue weighted by atomic mass is 16.4. The van der Waals surface area contributed by atoms with Gasteiger partial charge in [-0.3, -0.25) is 9.59 Å². The Labute approximate surface area is 135 Å². The van der Waals surface area contributed by atoms with Crippen LogP contribution >= 0.6 is 0 Å². The topological polar surface area (TPSA) is 57.6 Å². The van der Waals surface area contributed by atoms with Gasteiger partial charge in [-0.25, -0.2) is 0 Å². The monoisotopic (exact) mass is 311 g/mol. The first-order chi connectivity index (χ1) is 11.0. The summed E-state index contributed by atoms with van der Waals surface area (Å²) in [6, 6.07) is 14.2. The van der Waals surface area contributed by atoms with Gasteiger partial charge in [0.1, 0.15) is 0 Å². The molecule has 0 radical (unpaired) electrons. The lowest BCUT2D eigenvalue weighted by molar-refractivity contribution is -0.148. The average Bonchev–Trinajstić information content (AvgIpc) is 2.54. The highest BCUT2D eigenvalue weighted by Gasteiger charge is 2.32. The second kappa shape index (κ2) is 6.41. The predicted octanol–water partition coefficient (Wildman–Crippen LogP) is 2.95. The van der Waals surface area contributed by atoms with E-state index in [4.69, 9.17) is 5.11 Å². The molecule has 3 rings (SSSR count). The van der Waals surface area contributed by atoms with E-state index in [2.05, 4.69) is 12.1 Å². The van der Waals surface area contributed by atoms with Gasteiger partial charge in [0.05, 0.1) is 12.3 Å². The van der Waals surface area contributed by atoms with Crippen molar-refractivity contribution in [2.75, 3.05) is 13.1 Å². The molecule has 0 bridgehead atoms. The van der Waals surface area contributed by atoms with Gasteiger partial charge >= 0.3 is 5.97 Å². The van der Waals surface area contributed by atoms with Gasteiger partial charge in [-0.1, -0.05) is 49.4 Å². The Kier molecular flexibility index (Phi) is 4.33. The molecule has 1 aliphatic heterocycles. The molecule has 4 nitrogen and oxygen atoms in total. The lowest BCUT2D eigenvalue weighted by Gasteiger charge is -2.35. The fraction of sp³-hybridized carbons (Fsp3) is 0.368. The van der Waals surface area contributed by atoms with Crippen molar-refractivity contribution in [2.45, 2.75) is 19.8 Å². The standard InChI is InChI=1S/C19H21NO3/c1-13-12-20(9-8-17(13)19(22)23)18(21)11-14-6-7-15-4-2-3-5-16(15)10-14/h2-7,10,13,17H,8-9,11-12H2,1H3,(H,22,23). The van der Waals surface area contributed by atoms with Gasteiger partial charge in [-0.15, -0.1) is 0 Å². The molecule has 1 heterocycles. The molecule has 23 heavy (non-hydrogen) atoms. The lowest BCUT2D eigenvalue weighted by atomic mass is 9.87. The van der Waals surface area contributed by atoms with Crippen molar-refractivity contribution in [3.05, 3.63) is 48.0 Å². The normalized spacial score (nSPS) is 21.3. The molecule has 1 amide bonds. The molecule has 1 N–H and O–H groups in total. The van der Waals surface area contributed by atoms with Crippen molar-refractivity contribution in [2.24, 2.45) is 11.8 Å². The molecule has 1 aliphatic rings.